The number of alkyl halides is 3. The van der Waals surface area contributed by atoms with Crippen LogP contribution in [-0.4, -0.2) is 53.7 Å². The number of piperazine rings is 1. The maximum atomic E-state index is 12.7. The molecule has 2 fully saturated rings. The van der Waals surface area contributed by atoms with E-state index in [9.17, 15) is 18.3 Å². The van der Waals surface area contributed by atoms with Gasteiger partial charge in [0.1, 0.15) is 5.75 Å². The predicted molar refractivity (Wildman–Crippen MR) is 102 cm³/mol. The Bertz CT molecular complexity index is 637. The van der Waals surface area contributed by atoms with E-state index in [1.54, 1.807) is 6.07 Å². The first-order chi connectivity index (χ1) is 13.1. The molecule has 3 atom stereocenters. The first kappa shape index (κ1) is 21.4. The predicted octanol–water partition coefficient (Wildman–Crippen LogP) is 4.05. The van der Waals surface area contributed by atoms with Crippen molar-refractivity contribution in [3.8, 4) is 5.75 Å². The number of ether oxygens (including phenoxy) is 1. The van der Waals surface area contributed by atoms with Crippen LogP contribution in [0.25, 0.3) is 0 Å². The van der Waals surface area contributed by atoms with Gasteiger partial charge in [-0.15, -0.1) is 13.2 Å². The maximum Gasteiger partial charge on any atom is 0.573 e. The summed E-state index contributed by atoms with van der Waals surface area (Å²) >= 11 is 0. The molecule has 2 aliphatic rings. The van der Waals surface area contributed by atoms with Gasteiger partial charge in [-0.25, -0.2) is 0 Å². The first-order valence-electron chi connectivity index (χ1n) is 10.2. The van der Waals surface area contributed by atoms with Gasteiger partial charge in [0.05, 0.1) is 5.60 Å². The van der Waals surface area contributed by atoms with Gasteiger partial charge in [-0.1, -0.05) is 31.4 Å². The standard InChI is InChI=1S/C21H31F3N2O2/c1-15-12-26(13-16(2)25-15)14-19(20(27)9-4-3-5-10-20)17-7-6-8-18(11-17)28-21(22,23)24/h6-8,11,15-16,19,25,27H,3-5,9-10,12-14H2,1-2H3/t15-,16+,19?. The second-order valence-corrected chi connectivity index (χ2v) is 8.52. The number of benzene rings is 1. The van der Waals surface area contributed by atoms with Crippen LogP contribution < -0.4 is 10.1 Å². The van der Waals surface area contributed by atoms with Crippen LogP contribution in [-0.2, 0) is 0 Å². The molecule has 1 aliphatic heterocycles. The highest BCUT2D eigenvalue weighted by Crippen LogP contribution is 2.41. The van der Waals surface area contributed by atoms with Crippen molar-refractivity contribution in [2.75, 3.05) is 19.6 Å². The van der Waals surface area contributed by atoms with Crippen LogP contribution in [0.2, 0.25) is 0 Å². The summed E-state index contributed by atoms with van der Waals surface area (Å²) in [5, 5.41) is 15.0. The zero-order chi connectivity index (χ0) is 20.4. The molecule has 1 unspecified atom stereocenters. The summed E-state index contributed by atoms with van der Waals surface area (Å²) in [5.74, 6) is -0.474. The molecule has 2 N–H and O–H groups in total. The van der Waals surface area contributed by atoms with Crippen LogP contribution in [0.15, 0.2) is 24.3 Å². The number of hydrogen-bond acceptors (Lipinski definition) is 4. The number of rotatable bonds is 5. The van der Waals surface area contributed by atoms with Gasteiger partial charge in [0.15, 0.2) is 0 Å². The molecule has 1 aromatic rings. The minimum atomic E-state index is -4.72. The van der Waals surface area contributed by atoms with E-state index >= 15 is 0 Å². The highest BCUT2D eigenvalue weighted by Gasteiger charge is 2.40. The molecule has 3 rings (SSSR count). The highest BCUT2D eigenvalue weighted by atomic mass is 19.4. The van der Waals surface area contributed by atoms with Crippen LogP contribution in [0.3, 0.4) is 0 Å². The summed E-state index contributed by atoms with van der Waals surface area (Å²) in [6.07, 6.45) is -0.383. The summed E-state index contributed by atoms with van der Waals surface area (Å²) in [7, 11) is 0. The van der Waals surface area contributed by atoms with E-state index in [1.165, 1.54) is 12.1 Å². The van der Waals surface area contributed by atoms with Crippen LogP contribution in [0.1, 0.15) is 57.4 Å². The number of nitrogens with zero attached hydrogens (tertiary/aromatic N) is 1. The summed E-state index contributed by atoms with van der Waals surface area (Å²) in [4.78, 5) is 2.32. The quantitative estimate of drug-likeness (QED) is 0.783. The van der Waals surface area contributed by atoms with Gasteiger partial charge in [0, 0.05) is 37.6 Å². The lowest BCUT2D eigenvalue weighted by Gasteiger charge is -2.44. The van der Waals surface area contributed by atoms with E-state index in [0.717, 1.165) is 32.4 Å². The van der Waals surface area contributed by atoms with Crippen LogP contribution in [0, 0.1) is 0 Å². The Morgan fingerprint density at radius 3 is 2.43 bits per heavy atom. The SMILES string of the molecule is C[C@@H]1CN(CC(c2cccc(OC(F)(F)F)c2)C2(O)CCCCC2)C[C@H](C)N1. The molecule has 0 amide bonds. The summed E-state index contributed by atoms with van der Waals surface area (Å²) < 4.78 is 42.2. The third-order valence-corrected chi connectivity index (χ3v) is 5.94. The lowest BCUT2D eigenvalue weighted by molar-refractivity contribution is -0.274. The first-order valence-corrected chi connectivity index (χ1v) is 10.2. The Labute approximate surface area is 165 Å². The normalized spacial score (nSPS) is 27.4. The second kappa shape index (κ2) is 8.59. The van der Waals surface area contributed by atoms with Crippen molar-refractivity contribution < 1.29 is 23.0 Å². The van der Waals surface area contributed by atoms with Crippen molar-refractivity contribution in [1.29, 1.82) is 0 Å². The fraction of sp³-hybridized carbons (Fsp3) is 0.714. The smallest absolute Gasteiger partial charge is 0.406 e. The molecule has 0 radical (unpaired) electrons. The van der Waals surface area contributed by atoms with Gasteiger partial charge in [0.25, 0.3) is 0 Å². The third-order valence-electron chi connectivity index (χ3n) is 5.94. The summed E-state index contributed by atoms with van der Waals surface area (Å²) in [6.45, 7) is 6.60. The average Bonchev–Trinajstić information content (AvgIpc) is 2.58. The largest absolute Gasteiger partial charge is 0.573 e. The Morgan fingerprint density at radius 2 is 1.82 bits per heavy atom. The molecule has 4 nitrogen and oxygen atoms in total. The molecule has 7 heteroatoms. The Morgan fingerprint density at radius 1 is 1.18 bits per heavy atom. The Balaban J connectivity index is 1.87. The van der Waals surface area contributed by atoms with Crippen LogP contribution >= 0.6 is 0 Å². The molecular formula is C21H31F3N2O2. The number of aliphatic hydroxyl groups is 1. The highest BCUT2D eigenvalue weighted by molar-refractivity contribution is 5.33. The molecule has 1 aromatic carbocycles. The van der Waals surface area contributed by atoms with Gasteiger partial charge in [-0.05, 0) is 44.4 Å². The van der Waals surface area contributed by atoms with Gasteiger partial charge in [-0.3, -0.25) is 4.90 Å². The lowest BCUT2D eigenvalue weighted by atomic mass is 9.72. The van der Waals surface area contributed by atoms with E-state index in [4.69, 9.17) is 0 Å². The van der Waals surface area contributed by atoms with E-state index < -0.39 is 12.0 Å². The zero-order valence-corrected chi connectivity index (χ0v) is 16.6. The van der Waals surface area contributed by atoms with Crippen molar-refractivity contribution >= 4 is 0 Å². The molecule has 1 heterocycles. The Kier molecular flexibility index (Phi) is 6.57. The molecule has 1 saturated carbocycles. The second-order valence-electron chi connectivity index (χ2n) is 8.52. The maximum absolute atomic E-state index is 12.7. The van der Waals surface area contributed by atoms with Crippen molar-refractivity contribution in [2.24, 2.45) is 0 Å². The van der Waals surface area contributed by atoms with E-state index in [0.29, 0.717) is 37.0 Å². The van der Waals surface area contributed by atoms with Crippen molar-refractivity contribution in [1.82, 2.24) is 10.2 Å². The Hall–Kier alpha value is -1.31. The molecule has 28 heavy (non-hydrogen) atoms. The van der Waals surface area contributed by atoms with Gasteiger partial charge >= 0.3 is 6.36 Å². The van der Waals surface area contributed by atoms with E-state index in [-0.39, 0.29) is 11.7 Å². The van der Waals surface area contributed by atoms with Crippen molar-refractivity contribution in [3.63, 3.8) is 0 Å². The van der Waals surface area contributed by atoms with Crippen LogP contribution in [0.4, 0.5) is 13.2 Å². The molecule has 0 bridgehead atoms. The average molecular weight is 400 g/mol. The van der Waals surface area contributed by atoms with Crippen LogP contribution in [0.5, 0.6) is 5.75 Å². The van der Waals surface area contributed by atoms with Crippen molar-refractivity contribution in [2.45, 2.75) is 75.9 Å². The minimum absolute atomic E-state index is 0.226. The number of hydrogen-bond donors (Lipinski definition) is 2. The molecule has 1 aliphatic carbocycles. The third kappa shape index (κ3) is 5.61. The van der Waals surface area contributed by atoms with Gasteiger partial charge in [0.2, 0.25) is 0 Å². The van der Waals surface area contributed by atoms with Gasteiger partial charge < -0.3 is 15.2 Å². The molecule has 158 valence electrons. The number of halogens is 3. The minimum Gasteiger partial charge on any atom is -0.406 e. The zero-order valence-electron chi connectivity index (χ0n) is 16.6. The summed E-state index contributed by atoms with van der Waals surface area (Å²) in [5.41, 5.74) is -0.183. The van der Waals surface area contributed by atoms with E-state index in [2.05, 4.69) is 28.8 Å². The molecular weight excluding hydrogens is 369 g/mol. The molecule has 0 spiro atoms. The fourth-order valence-corrected chi connectivity index (χ4v) is 4.87. The van der Waals surface area contributed by atoms with E-state index in [1.807, 2.05) is 6.07 Å². The lowest BCUT2D eigenvalue weighted by Crippen LogP contribution is -2.56. The molecule has 1 saturated heterocycles. The summed E-state index contributed by atoms with van der Waals surface area (Å²) in [6, 6.07) is 6.83. The fourth-order valence-electron chi connectivity index (χ4n) is 4.87. The van der Waals surface area contributed by atoms with Crippen molar-refractivity contribution in [3.05, 3.63) is 29.8 Å². The van der Waals surface area contributed by atoms with Gasteiger partial charge in [-0.2, -0.15) is 0 Å². The number of nitrogens with one attached hydrogen (secondary N) is 1. The molecule has 0 aromatic heterocycles. The topological polar surface area (TPSA) is 44.7 Å². The monoisotopic (exact) mass is 400 g/mol.